The minimum Gasteiger partial charge on any atom is -0.368 e. The quantitative estimate of drug-likeness (QED) is 0.558. The van der Waals surface area contributed by atoms with Crippen molar-refractivity contribution in [3.8, 4) is 0 Å². The number of anilines is 2. The summed E-state index contributed by atoms with van der Waals surface area (Å²) < 4.78 is 0. The standard InChI is InChI=1S/C30H41N5O3/c1-22(2)35(29(37)24-11-9-23(3)10-12-24)21-28(36)31-26-13-15-27(16-14-26)33-17-19-34(20-18-33)30(38)32-25-7-5-4-6-8-25/h9-16,22,25H,4-8,17-21H2,1-3H3,(H,31,36)(H,32,38). The van der Waals surface area contributed by atoms with Crippen molar-refractivity contribution in [3.05, 3.63) is 59.7 Å². The van der Waals surface area contributed by atoms with Crippen LogP contribution in [0.2, 0.25) is 0 Å². The van der Waals surface area contributed by atoms with Crippen molar-refractivity contribution >= 4 is 29.2 Å². The molecule has 1 heterocycles. The van der Waals surface area contributed by atoms with Gasteiger partial charge in [-0.2, -0.15) is 0 Å². The van der Waals surface area contributed by atoms with E-state index in [1.807, 2.05) is 62.1 Å². The highest BCUT2D eigenvalue weighted by molar-refractivity contribution is 5.99. The fourth-order valence-corrected chi connectivity index (χ4v) is 5.14. The van der Waals surface area contributed by atoms with Crippen molar-refractivity contribution in [1.82, 2.24) is 15.1 Å². The molecule has 0 radical (unpaired) electrons. The number of nitrogens with zero attached hydrogens (tertiary/aromatic N) is 3. The summed E-state index contributed by atoms with van der Waals surface area (Å²) in [6.45, 7) is 8.71. The number of carbonyl (C=O) groups is 3. The summed E-state index contributed by atoms with van der Waals surface area (Å²) in [7, 11) is 0. The highest BCUT2D eigenvalue weighted by Gasteiger charge is 2.25. The molecule has 2 fully saturated rings. The minimum atomic E-state index is -0.232. The first-order valence-electron chi connectivity index (χ1n) is 13.9. The summed E-state index contributed by atoms with van der Waals surface area (Å²) in [5.41, 5.74) is 3.42. The van der Waals surface area contributed by atoms with Gasteiger partial charge in [-0.05, 0) is 70.0 Å². The molecule has 0 bridgehead atoms. The molecule has 1 aliphatic heterocycles. The van der Waals surface area contributed by atoms with Gasteiger partial charge in [-0.1, -0.05) is 37.0 Å². The maximum atomic E-state index is 13.0. The lowest BCUT2D eigenvalue weighted by Gasteiger charge is -2.37. The molecule has 2 aromatic carbocycles. The van der Waals surface area contributed by atoms with Gasteiger partial charge in [-0.25, -0.2) is 4.79 Å². The highest BCUT2D eigenvalue weighted by Crippen LogP contribution is 2.21. The van der Waals surface area contributed by atoms with Crippen molar-refractivity contribution in [1.29, 1.82) is 0 Å². The Kier molecular flexibility index (Phi) is 9.26. The Balaban J connectivity index is 1.26. The summed E-state index contributed by atoms with van der Waals surface area (Å²) >= 11 is 0. The summed E-state index contributed by atoms with van der Waals surface area (Å²) in [4.78, 5) is 44.2. The van der Waals surface area contributed by atoms with E-state index in [9.17, 15) is 14.4 Å². The number of benzene rings is 2. The fraction of sp³-hybridized carbons (Fsp3) is 0.500. The highest BCUT2D eigenvalue weighted by atomic mass is 16.2. The summed E-state index contributed by atoms with van der Waals surface area (Å²) in [5, 5.41) is 6.13. The third kappa shape index (κ3) is 7.27. The van der Waals surface area contributed by atoms with Crippen molar-refractivity contribution in [2.75, 3.05) is 42.9 Å². The zero-order valence-corrected chi connectivity index (χ0v) is 22.9. The van der Waals surface area contributed by atoms with Crippen LogP contribution in [0.5, 0.6) is 0 Å². The van der Waals surface area contributed by atoms with E-state index in [-0.39, 0.29) is 30.4 Å². The fourth-order valence-electron chi connectivity index (χ4n) is 5.14. The molecule has 0 aromatic heterocycles. The molecule has 204 valence electrons. The molecule has 2 aromatic rings. The number of carbonyl (C=O) groups excluding carboxylic acids is 3. The van der Waals surface area contributed by atoms with E-state index in [0.29, 0.717) is 30.4 Å². The Labute approximate surface area is 226 Å². The number of rotatable bonds is 7. The number of aryl methyl sites for hydroxylation is 1. The minimum absolute atomic E-state index is 0.0169. The number of urea groups is 1. The maximum Gasteiger partial charge on any atom is 0.317 e. The second-order valence-corrected chi connectivity index (χ2v) is 10.7. The molecule has 4 rings (SSSR count). The predicted octanol–water partition coefficient (Wildman–Crippen LogP) is 4.65. The van der Waals surface area contributed by atoms with Crippen LogP contribution in [0.3, 0.4) is 0 Å². The van der Waals surface area contributed by atoms with Gasteiger partial charge in [0.25, 0.3) is 5.91 Å². The molecule has 0 spiro atoms. The largest absolute Gasteiger partial charge is 0.368 e. The summed E-state index contributed by atoms with van der Waals surface area (Å²) in [6.07, 6.45) is 5.87. The van der Waals surface area contributed by atoms with Crippen LogP contribution in [0.25, 0.3) is 0 Å². The van der Waals surface area contributed by atoms with E-state index in [1.54, 1.807) is 17.0 Å². The molecular weight excluding hydrogens is 478 g/mol. The number of hydrogen-bond donors (Lipinski definition) is 2. The summed E-state index contributed by atoms with van der Waals surface area (Å²) in [5.74, 6) is -0.387. The van der Waals surface area contributed by atoms with E-state index in [4.69, 9.17) is 0 Å². The van der Waals surface area contributed by atoms with Crippen LogP contribution in [0, 0.1) is 6.92 Å². The van der Waals surface area contributed by atoms with Crippen LogP contribution < -0.4 is 15.5 Å². The van der Waals surface area contributed by atoms with Gasteiger partial charge in [0.1, 0.15) is 6.54 Å². The van der Waals surface area contributed by atoms with E-state index >= 15 is 0 Å². The van der Waals surface area contributed by atoms with Crippen LogP contribution >= 0.6 is 0 Å². The van der Waals surface area contributed by atoms with E-state index in [1.165, 1.54) is 19.3 Å². The van der Waals surface area contributed by atoms with Crippen molar-refractivity contribution in [2.45, 2.75) is 65.0 Å². The van der Waals surface area contributed by atoms with Gasteiger partial charge in [-0.3, -0.25) is 9.59 Å². The zero-order valence-electron chi connectivity index (χ0n) is 22.9. The van der Waals surface area contributed by atoms with Gasteiger partial charge in [0, 0.05) is 55.2 Å². The lowest BCUT2D eigenvalue weighted by Crippen LogP contribution is -2.53. The molecular formula is C30H41N5O3. The van der Waals surface area contributed by atoms with Crippen LogP contribution in [0.4, 0.5) is 16.2 Å². The van der Waals surface area contributed by atoms with Gasteiger partial charge < -0.3 is 25.3 Å². The smallest absolute Gasteiger partial charge is 0.317 e. The third-order valence-electron chi connectivity index (χ3n) is 7.51. The zero-order chi connectivity index (χ0) is 27.1. The predicted molar refractivity (Wildman–Crippen MR) is 152 cm³/mol. The molecule has 0 unspecified atom stereocenters. The molecule has 8 heteroatoms. The number of nitrogens with one attached hydrogen (secondary N) is 2. The molecule has 0 atom stereocenters. The molecule has 4 amide bonds. The first kappa shape index (κ1) is 27.5. The number of amides is 4. The van der Waals surface area contributed by atoms with E-state index in [0.717, 1.165) is 37.2 Å². The average Bonchev–Trinajstić information content (AvgIpc) is 2.93. The van der Waals surface area contributed by atoms with Gasteiger partial charge in [-0.15, -0.1) is 0 Å². The van der Waals surface area contributed by atoms with Crippen LogP contribution in [-0.2, 0) is 4.79 Å². The van der Waals surface area contributed by atoms with Gasteiger partial charge in [0.2, 0.25) is 5.91 Å². The van der Waals surface area contributed by atoms with E-state index in [2.05, 4.69) is 15.5 Å². The molecule has 2 aliphatic rings. The SMILES string of the molecule is Cc1ccc(C(=O)N(CC(=O)Nc2ccc(N3CCN(C(=O)NC4CCCCC4)CC3)cc2)C(C)C)cc1. The van der Waals surface area contributed by atoms with Gasteiger partial charge >= 0.3 is 6.03 Å². The second kappa shape index (κ2) is 12.8. The molecule has 1 aliphatic carbocycles. The Bertz CT molecular complexity index is 1090. The third-order valence-corrected chi connectivity index (χ3v) is 7.51. The van der Waals surface area contributed by atoms with E-state index < -0.39 is 0 Å². The Hall–Kier alpha value is -3.55. The Morgan fingerprint density at radius 2 is 1.53 bits per heavy atom. The molecule has 38 heavy (non-hydrogen) atoms. The normalized spacial score (nSPS) is 16.3. The summed E-state index contributed by atoms with van der Waals surface area (Å²) in [6, 6.07) is 15.4. The first-order valence-corrected chi connectivity index (χ1v) is 13.9. The average molecular weight is 520 g/mol. The molecule has 1 saturated carbocycles. The van der Waals surface area contributed by atoms with Gasteiger partial charge in [0.15, 0.2) is 0 Å². The van der Waals surface area contributed by atoms with Crippen LogP contribution in [-0.4, -0.2) is 72.5 Å². The lowest BCUT2D eigenvalue weighted by atomic mass is 9.96. The first-order chi connectivity index (χ1) is 18.3. The van der Waals surface area contributed by atoms with Crippen molar-refractivity contribution in [2.24, 2.45) is 0 Å². The van der Waals surface area contributed by atoms with Crippen LogP contribution in [0.1, 0.15) is 61.9 Å². The Morgan fingerprint density at radius 3 is 2.13 bits per heavy atom. The van der Waals surface area contributed by atoms with Crippen molar-refractivity contribution in [3.63, 3.8) is 0 Å². The number of hydrogen-bond acceptors (Lipinski definition) is 4. The van der Waals surface area contributed by atoms with Crippen LogP contribution in [0.15, 0.2) is 48.5 Å². The van der Waals surface area contributed by atoms with Gasteiger partial charge in [0.05, 0.1) is 0 Å². The molecule has 2 N–H and O–H groups in total. The molecule has 8 nitrogen and oxygen atoms in total. The Morgan fingerprint density at radius 1 is 0.895 bits per heavy atom. The van der Waals surface area contributed by atoms with Crippen molar-refractivity contribution < 1.29 is 14.4 Å². The lowest BCUT2D eigenvalue weighted by molar-refractivity contribution is -0.117. The number of piperazine rings is 1. The topological polar surface area (TPSA) is 85.0 Å². The molecule has 1 saturated heterocycles. The monoisotopic (exact) mass is 519 g/mol. The maximum absolute atomic E-state index is 13.0. The second-order valence-electron chi connectivity index (χ2n) is 10.7.